The third-order valence-corrected chi connectivity index (χ3v) is 4.94. The van der Waals surface area contributed by atoms with Gasteiger partial charge in [-0.15, -0.1) is 0 Å². The predicted octanol–water partition coefficient (Wildman–Crippen LogP) is 4.19. The number of anilines is 2. The van der Waals surface area contributed by atoms with Gasteiger partial charge in [0, 0.05) is 11.6 Å². The molecule has 0 saturated carbocycles. The molecule has 1 aromatic carbocycles. The van der Waals surface area contributed by atoms with Crippen LogP contribution in [0.5, 0.6) is 0 Å². The minimum absolute atomic E-state index is 0.154. The summed E-state index contributed by atoms with van der Waals surface area (Å²) in [4.78, 5) is 8.89. The fourth-order valence-corrected chi connectivity index (χ4v) is 3.55. The number of aromatic nitrogens is 2. The van der Waals surface area contributed by atoms with Crippen LogP contribution >= 0.6 is 11.8 Å². The molecule has 132 valence electrons. The van der Waals surface area contributed by atoms with Crippen molar-refractivity contribution < 1.29 is 4.42 Å². The molecule has 6 nitrogen and oxygen atoms in total. The van der Waals surface area contributed by atoms with Gasteiger partial charge in [-0.2, -0.15) is 5.26 Å². The summed E-state index contributed by atoms with van der Waals surface area (Å²) in [6.07, 6.45) is 0.762. The molecular formula is C19H19N5OS. The molecule has 0 spiro atoms. The first-order valence-corrected chi connectivity index (χ1v) is 9.09. The van der Waals surface area contributed by atoms with Crippen LogP contribution in [0.1, 0.15) is 36.2 Å². The molecule has 0 bridgehead atoms. The zero-order chi connectivity index (χ0) is 18.7. The normalized spacial score (nSPS) is 11.9. The summed E-state index contributed by atoms with van der Waals surface area (Å²) >= 11 is 1.35. The van der Waals surface area contributed by atoms with Crippen molar-refractivity contribution in [3.05, 3.63) is 53.5 Å². The number of hydrogen-bond acceptors (Lipinski definition) is 7. The molecule has 0 saturated heterocycles. The lowest BCUT2D eigenvalue weighted by Crippen LogP contribution is -2.01. The number of hydrogen-bond donors (Lipinski definition) is 2. The van der Waals surface area contributed by atoms with Crippen LogP contribution in [0.15, 0.2) is 45.8 Å². The maximum atomic E-state index is 9.35. The number of aryl methyl sites for hydroxylation is 1. The first-order chi connectivity index (χ1) is 12.5. The van der Waals surface area contributed by atoms with E-state index in [-0.39, 0.29) is 11.1 Å². The largest absolute Gasteiger partial charge is 0.439 e. The number of nitrogen functional groups attached to an aromatic ring is 2. The molecule has 2 aromatic heterocycles. The number of nitriles is 1. The second-order valence-corrected chi connectivity index (χ2v) is 7.07. The second-order valence-electron chi connectivity index (χ2n) is 5.74. The van der Waals surface area contributed by atoms with E-state index in [4.69, 9.17) is 15.9 Å². The molecule has 2 heterocycles. The quantitative estimate of drug-likeness (QED) is 0.651. The lowest BCUT2D eigenvalue weighted by molar-refractivity contribution is 0.510. The monoisotopic (exact) mass is 365 g/mol. The van der Waals surface area contributed by atoms with Crippen LogP contribution in [0.4, 0.5) is 11.5 Å². The van der Waals surface area contributed by atoms with E-state index in [1.54, 1.807) is 0 Å². The Balaban J connectivity index is 1.94. The molecule has 3 rings (SSSR count). The number of thioether (sulfide) groups is 1. The Hall–Kier alpha value is -2.98. The summed E-state index contributed by atoms with van der Waals surface area (Å²) in [5.74, 6) is 1.64. The highest BCUT2D eigenvalue weighted by molar-refractivity contribution is 7.99. The zero-order valence-electron chi connectivity index (χ0n) is 14.6. The molecule has 7 heteroatoms. The van der Waals surface area contributed by atoms with Crippen molar-refractivity contribution in [2.45, 2.75) is 30.5 Å². The van der Waals surface area contributed by atoms with Crippen LogP contribution in [0.25, 0.3) is 11.3 Å². The van der Waals surface area contributed by atoms with E-state index in [1.807, 2.05) is 44.2 Å². The maximum absolute atomic E-state index is 9.35. The second kappa shape index (κ2) is 7.50. The summed E-state index contributed by atoms with van der Waals surface area (Å²) in [6.45, 7) is 3.99. The first kappa shape index (κ1) is 17.8. The smallest absolute Gasteiger partial charge is 0.208 e. The van der Waals surface area contributed by atoms with Crippen LogP contribution < -0.4 is 11.5 Å². The van der Waals surface area contributed by atoms with Crippen LogP contribution in [0, 0.1) is 11.3 Å². The van der Waals surface area contributed by atoms with Crippen LogP contribution in [0.2, 0.25) is 0 Å². The van der Waals surface area contributed by atoms with Crippen LogP contribution in [0.3, 0.4) is 0 Å². The molecule has 1 atom stereocenters. The van der Waals surface area contributed by atoms with Gasteiger partial charge < -0.3 is 15.9 Å². The summed E-state index contributed by atoms with van der Waals surface area (Å²) < 4.78 is 6.05. The highest BCUT2D eigenvalue weighted by atomic mass is 32.2. The van der Waals surface area contributed by atoms with E-state index in [9.17, 15) is 5.26 Å². The Bertz CT molecular complexity index is 962. The van der Waals surface area contributed by atoms with E-state index < -0.39 is 0 Å². The molecule has 0 aliphatic carbocycles. The lowest BCUT2D eigenvalue weighted by atomic mass is 10.1. The van der Waals surface area contributed by atoms with Gasteiger partial charge in [0.25, 0.3) is 0 Å². The van der Waals surface area contributed by atoms with Gasteiger partial charge in [-0.3, -0.25) is 0 Å². The van der Waals surface area contributed by atoms with Gasteiger partial charge in [0.1, 0.15) is 22.5 Å². The Labute approximate surface area is 156 Å². The van der Waals surface area contributed by atoms with Crippen molar-refractivity contribution >= 4 is 23.3 Å². The van der Waals surface area contributed by atoms with Gasteiger partial charge >= 0.3 is 0 Å². The van der Waals surface area contributed by atoms with Crippen LogP contribution in [-0.4, -0.2) is 9.97 Å². The fourth-order valence-electron chi connectivity index (χ4n) is 2.57. The Morgan fingerprint density at radius 1 is 1.23 bits per heavy atom. The Kier molecular flexibility index (Phi) is 5.14. The molecule has 4 N–H and O–H groups in total. The van der Waals surface area contributed by atoms with Gasteiger partial charge in [0.05, 0.1) is 16.6 Å². The van der Waals surface area contributed by atoms with Gasteiger partial charge in [0.15, 0.2) is 5.76 Å². The SMILES string of the molecule is CCc1nc(C(C)Sc2nc(N)cc(N)c2C#N)oc1-c1ccccc1. The standard InChI is InChI=1S/C19H19N5OS/c1-3-15-17(12-7-5-4-6-8-12)25-18(23-15)11(2)26-19-13(10-20)14(21)9-16(22)24-19/h4-9,11H,3H2,1-2H3,(H4,21,22,24). The average molecular weight is 365 g/mol. The van der Waals surface area contributed by atoms with E-state index in [0.717, 1.165) is 23.4 Å². The molecule has 0 amide bonds. The number of rotatable bonds is 5. The van der Waals surface area contributed by atoms with Crippen molar-refractivity contribution in [1.29, 1.82) is 5.26 Å². The number of benzene rings is 1. The molecule has 0 radical (unpaired) electrons. The number of nitrogens with two attached hydrogens (primary N) is 2. The Morgan fingerprint density at radius 2 is 1.96 bits per heavy atom. The third kappa shape index (κ3) is 3.51. The molecular weight excluding hydrogens is 346 g/mol. The fraction of sp³-hybridized carbons (Fsp3) is 0.211. The van der Waals surface area contributed by atoms with Crippen molar-refractivity contribution in [2.24, 2.45) is 0 Å². The minimum atomic E-state index is -0.154. The van der Waals surface area contributed by atoms with E-state index >= 15 is 0 Å². The lowest BCUT2D eigenvalue weighted by Gasteiger charge is -2.10. The summed E-state index contributed by atoms with van der Waals surface area (Å²) in [5, 5.41) is 9.67. The van der Waals surface area contributed by atoms with Crippen molar-refractivity contribution in [1.82, 2.24) is 9.97 Å². The topological polar surface area (TPSA) is 115 Å². The number of pyridine rings is 1. The van der Waals surface area contributed by atoms with Crippen molar-refractivity contribution in [2.75, 3.05) is 11.5 Å². The third-order valence-electron chi connectivity index (χ3n) is 3.87. The van der Waals surface area contributed by atoms with Gasteiger partial charge in [-0.25, -0.2) is 9.97 Å². The van der Waals surface area contributed by atoms with E-state index in [0.29, 0.717) is 22.2 Å². The average Bonchev–Trinajstić information content (AvgIpc) is 3.07. The first-order valence-electron chi connectivity index (χ1n) is 8.21. The zero-order valence-corrected chi connectivity index (χ0v) is 15.4. The number of oxazole rings is 1. The van der Waals surface area contributed by atoms with Gasteiger partial charge in [0.2, 0.25) is 5.89 Å². The molecule has 3 aromatic rings. The van der Waals surface area contributed by atoms with E-state index in [2.05, 4.69) is 16.0 Å². The van der Waals surface area contributed by atoms with Crippen molar-refractivity contribution in [3.8, 4) is 17.4 Å². The van der Waals surface area contributed by atoms with Gasteiger partial charge in [-0.05, 0) is 13.3 Å². The molecule has 0 aliphatic heterocycles. The van der Waals surface area contributed by atoms with E-state index in [1.165, 1.54) is 17.8 Å². The summed E-state index contributed by atoms with van der Waals surface area (Å²) in [5.41, 5.74) is 14.2. The minimum Gasteiger partial charge on any atom is -0.439 e. The predicted molar refractivity (Wildman–Crippen MR) is 103 cm³/mol. The maximum Gasteiger partial charge on any atom is 0.208 e. The molecule has 0 fully saturated rings. The summed E-state index contributed by atoms with van der Waals surface area (Å²) in [7, 11) is 0. The van der Waals surface area contributed by atoms with Crippen LogP contribution in [-0.2, 0) is 6.42 Å². The molecule has 0 aliphatic rings. The highest BCUT2D eigenvalue weighted by Crippen LogP contribution is 2.39. The number of nitrogens with zero attached hydrogens (tertiary/aromatic N) is 3. The molecule has 26 heavy (non-hydrogen) atoms. The molecule has 1 unspecified atom stereocenters. The van der Waals surface area contributed by atoms with Gasteiger partial charge in [-0.1, -0.05) is 49.0 Å². The van der Waals surface area contributed by atoms with Crippen molar-refractivity contribution in [3.63, 3.8) is 0 Å². The summed E-state index contributed by atoms with van der Waals surface area (Å²) in [6, 6.07) is 13.5. The Morgan fingerprint density at radius 3 is 2.62 bits per heavy atom. The highest BCUT2D eigenvalue weighted by Gasteiger charge is 2.21.